The van der Waals surface area contributed by atoms with E-state index < -0.39 is 0 Å². The smallest absolute Gasteiger partial charge is 0.137 e. The van der Waals surface area contributed by atoms with Gasteiger partial charge in [-0.3, -0.25) is 0 Å². The number of halogens is 1. The van der Waals surface area contributed by atoms with Crippen molar-refractivity contribution in [3.63, 3.8) is 0 Å². The van der Waals surface area contributed by atoms with Crippen LogP contribution in [0.3, 0.4) is 0 Å². The van der Waals surface area contributed by atoms with Gasteiger partial charge in [0.15, 0.2) is 0 Å². The van der Waals surface area contributed by atoms with Crippen molar-refractivity contribution in [3.8, 4) is 0 Å². The summed E-state index contributed by atoms with van der Waals surface area (Å²) >= 11 is 3.37. The third-order valence-corrected chi connectivity index (χ3v) is 2.96. The Labute approximate surface area is 110 Å². The highest BCUT2D eigenvalue weighted by atomic mass is 79.9. The van der Waals surface area contributed by atoms with Crippen molar-refractivity contribution in [1.29, 1.82) is 0 Å². The van der Waals surface area contributed by atoms with Crippen LogP contribution in [0.1, 0.15) is 12.5 Å². The van der Waals surface area contributed by atoms with Gasteiger partial charge in [-0.15, -0.1) is 0 Å². The van der Waals surface area contributed by atoms with Crippen LogP contribution in [0.25, 0.3) is 0 Å². The SMILES string of the molecule is CCN(c1cccc(C)c1)c1cc(Br)ncn1. The molecule has 0 bridgehead atoms. The molecule has 2 aromatic rings. The lowest BCUT2D eigenvalue weighted by atomic mass is 10.2. The summed E-state index contributed by atoms with van der Waals surface area (Å²) in [5, 5.41) is 0. The van der Waals surface area contributed by atoms with Gasteiger partial charge in [0.25, 0.3) is 0 Å². The fourth-order valence-electron chi connectivity index (χ4n) is 1.74. The van der Waals surface area contributed by atoms with E-state index in [0.717, 1.165) is 22.7 Å². The van der Waals surface area contributed by atoms with Crippen LogP contribution in [0, 0.1) is 6.92 Å². The van der Waals surface area contributed by atoms with E-state index in [1.54, 1.807) is 6.33 Å². The summed E-state index contributed by atoms with van der Waals surface area (Å²) in [5.41, 5.74) is 2.40. The van der Waals surface area contributed by atoms with Gasteiger partial charge in [-0.05, 0) is 47.5 Å². The van der Waals surface area contributed by atoms with Gasteiger partial charge in [-0.25, -0.2) is 9.97 Å². The Hall–Kier alpha value is -1.42. The van der Waals surface area contributed by atoms with Gasteiger partial charge in [-0.1, -0.05) is 12.1 Å². The third kappa shape index (κ3) is 2.82. The number of hydrogen-bond donors (Lipinski definition) is 0. The minimum Gasteiger partial charge on any atom is -0.327 e. The molecule has 0 saturated heterocycles. The molecule has 0 aliphatic rings. The number of aryl methyl sites for hydroxylation is 1. The molecule has 0 aliphatic heterocycles. The Morgan fingerprint density at radius 2 is 2.06 bits per heavy atom. The van der Waals surface area contributed by atoms with Gasteiger partial charge in [0.1, 0.15) is 16.7 Å². The van der Waals surface area contributed by atoms with Crippen molar-refractivity contribution in [2.75, 3.05) is 11.4 Å². The second-order valence-corrected chi connectivity index (χ2v) is 4.59. The molecule has 0 unspecified atom stereocenters. The maximum absolute atomic E-state index is 4.30. The molecule has 17 heavy (non-hydrogen) atoms. The van der Waals surface area contributed by atoms with Gasteiger partial charge < -0.3 is 4.90 Å². The molecule has 0 radical (unpaired) electrons. The number of nitrogens with zero attached hydrogens (tertiary/aromatic N) is 3. The van der Waals surface area contributed by atoms with Crippen molar-refractivity contribution in [2.45, 2.75) is 13.8 Å². The number of aromatic nitrogens is 2. The highest BCUT2D eigenvalue weighted by molar-refractivity contribution is 9.10. The second kappa shape index (κ2) is 5.27. The van der Waals surface area contributed by atoms with E-state index in [2.05, 4.69) is 68.9 Å². The van der Waals surface area contributed by atoms with Gasteiger partial charge in [0.2, 0.25) is 0 Å². The summed E-state index contributed by atoms with van der Waals surface area (Å²) in [6, 6.07) is 10.3. The van der Waals surface area contributed by atoms with E-state index in [1.165, 1.54) is 5.56 Å². The molecule has 0 aliphatic carbocycles. The van der Waals surface area contributed by atoms with Crippen LogP contribution in [0.4, 0.5) is 11.5 Å². The van der Waals surface area contributed by atoms with Crippen LogP contribution in [0.2, 0.25) is 0 Å². The first-order valence-electron chi connectivity index (χ1n) is 5.52. The second-order valence-electron chi connectivity index (χ2n) is 3.78. The normalized spacial score (nSPS) is 10.3. The van der Waals surface area contributed by atoms with E-state index in [4.69, 9.17) is 0 Å². The quantitative estimate of drug-likeness (QED) is 0.808. The lowest BCUT2D eigenvalue weighted by Gasteiger charge is -2.22. The Balaban J connectivity index is 2.40. The molecular formula is C13H14BrN3. The molecule has 0 atom stereocenters. The van der Waals surface area contributed by atoms with E-state index >= 15 is 0 Å². The number of rotatable bonds is 3. The van der Waals surface area contributed by atoms with Crippen LogP contribution < -0.4 is 4.90 Å². The van der Waals surface area contributed by atoms with Gasteiger partial charge in [0, 0.05) is 18.3 Å². The fraction of sp³-hybridized carbons (Fsp3) is 0.231. The van der Waals surface area contributed by atoms with Crippen LogP contribution in [0.15, 0.2) is 41.3 Å². The van der Waals surface area contributed by atoms with Crippen LogP contribution >= 0.6 is 15.9 Å². The average Bonchev–Trinajstić information content (AvgIpc) is 2.30. The molecule has 0 amide bonds. The number of benzene rings is 1. The predicted molar refractivity (Wildman–Crippen MR) is 73.6 cm³/mol. The molecule has 1 heterocycles. The Kier molecular flexibility index (Phi) is 3.74. The largest absolute Gasteiger partial charge is 0.327 e. The highest BCUT2D eigenvalue weighted by Crippen LogP contribution is 2.24. The molecule has 88 valence electrons. The Morgan fingerprint density at radius 1 is 1.24 bits per heavy atom. The zero-order valence-corrected chi connectivity index (χ0v) is 11.5. The first-order valence-corrected chi connectivity index (χ1v) is 6.31. The first-order chi connectivity index (χ1) is 8.20. The average molecular weight is 292 g/mol. The zero-order chi connectivity index (χ0) is 12.3. The van der Waals surface area contributed by atoms with Crippen molar-refractivity contribution >= 4 is 27.4 Å². The van der Waals surface area contributed by atoms with E-state index in [0.29, 0.717) is 0 Å². The van der Waals surface area contributed by atoms with Crippen LogP contribution in [-0.2, 0) is 0 Å². The maximum Gasteiger partial charge on any atom is 0.137 e. The van der Waals surface area contributed by atoms with Crippen molar-refractivity contribution in [3.05, 3.63) is 46.8 Å². The summed E-state index contributed by atoms with van der Waals surface area (Å²) in [7, 11) is 0. The maximum atomic E-state index is 4.30. The molecule has 4 heteroatoms. The molecule has 0 N–H and O–H groups in total. The summed E-state index contributed by atoms with van der Waals surface area (Å²) in [5.74, 6) is 0.903. The molecule has 1 aromatic heterocycles. The lowest BCUT2D eigenvalue weighted by Crippen LogP contribution is -2.17. The molecule has 2 rings (SSSR count). The minimum absolute atomic E-state index is 0.800. The van der Waals surface area contributed by atoms with Crippen LogP contribution in [-0.4, -0.2) is 16.5 Å². The van der Waals surface area contributed by atoms with E-state index in [-0.39, 0.29) is 0 Å². The molecule has 0 spiro atoms. The van der Waals surface area contributed by atoms with Crippen molar-refractivity contribution in [2.24, 2.45) is 0 Å². The number of anilines is 2. The summed E-state index contributed by atoms with van der Waals surface area (Å²) < 4.78 is 0.800. The fourth-order valence-corrected chi connectivity index (χ4v) is 2.04. The highest BCUT2D eigenvalue weighted by Gasteiger charge is 2.08. The number of hydrogen-bond acceptors (Lipinski definition) is 3. The minimum atomic E-state index is 0.800. The van der Waals surface area contributed by atoms with E-state index in [1.807, 2.05) is 6.07 Å². The molecule has 0 saturated carbocycles. The van der Waals surface area contributed by atoms with Gasteiger partial charge in [-0.2, -0.15) is 0 Å². The predicted octanol–water partition coefficient (Wildman–Crippen LogP) is 3.71. The monoisotopic (exact) mass is 291 g/mol. The summed E-state index contributed by atoms with van der Waals surface area (Å²) in [6.07, 6.45) is 1.57. The summed E-state index contributed by atoms with van der Waals surface area (Å²) in [6.45, 7) is 5.07. The topological polar surface area (TPSA) is 29.0 Å². The van der Waals surface area contributed by atoms with Crippen molar-refractivity contribution < 1.29 is 0 Å². The summed E-state index contributed by atoms with van der Waals surface area (Å²) in [4.78, 5) is 10.5. The Morgan fingerprint density at radius 3 is 2.71 bits per heavy atom. The van der Waals surface area contributed by atoms with Gasteiger partial charge >= 0.3 is 0 Å². The molecule has 0 fully saturated rings. The zero-order valence-electron chi connectivity index (χ0n) is 9.89. The molecule has 3 nitrogen and oxygen atoms in total. The van der Waals surface area contributed by atoms with Crippen molar-refractivity contribution in [1.82, 2.24) is 9.97 Å². The lowest BCUT2D eigenvalue weighted by molar-refractivity contribution is 0.970. The molecule has 1 aromatic carbocycles. The van der Waals surface area contributed by atoms with E-state index in [9.17, 15) is 0 Å². The standard InChI is InChI=1S/C13H14BrN3/c1-3-17(11-6-4-5-10(2)7-11)13-8-12(14)15-9-16-13/h4-9H,3H2,1-2H3. The Bertz CT molecular complexity index is 468. The molecular weight excluding hydrogens is 278 g/mol. The first kappa shape index (κ1) is 12.0. The third-order valence-electron chi connectivity index (χ3n) is 2.53. The van der Waals surface area contributed by atoms with Gasteiger partial charge in [0.05, 0.1) is 0 Å². The van der Waals surface area contributed by atoms with Crippen LogP contribution in [0.5, 0.6) is 0 Å².